The first-order valence-electron chi connectivity index (χ1n) is 7.10. The summed E-state index contributed by atoms with van der Waals surface area (Å²) in [6.45, 7) is 3.87. The van der Waals surface area contributed by atoms with E-state index in [0.717, 1.165) is 5.56 Å². The third kappa shape index (κ3) is 3.68. The third-order valence-electron chi connectivity index (χ3n) is 3.79. The van der Waals surface area contributed by atoms with Crippen molar-refractivity contribution in [3.63, 3.8) is 0 Å². The van der Waals surface area contributed by atoms with Crippen LogP contribution in [0.4, 0.5) is 0 Å². The summed E-state index contributed by atoms with van der Waals surface area (Å²) < 4.78 is 0. The van der Waals surface area contributed by atoms with E-state index in [1.54, 1.807) is 4.90 Å². The van der Waals surface area contributed by atoms with Crippen LogP contribution in [0.5, 0.6) is 0 Å². The van der Waals surface area contributed by atoms with Gasteiger partial charge in [-0.05, 0) is 19.4 Å². The molecule has 1 aromatic carbocycles. The Bertz CT molecular complexity index is 542. The maximum Gasteiger partial charge on any atom is 0.243 e. The molecule has 0 radical (unpaired) electrons. The number of carbonyl (C=O) groups excluding carboxylic acids is 3. The Labute approximate surface area is 124 Å². The van der Waals surface area contributed by atoms with E-state index in [1.807, 2.05) is 37.3 Å². The van der Waals surface area contributed by atoms with E-state index in [4.69, 9.17) is 0 Å². The summed E-state index contributed by atoms with van der Waals surface area (Å²) in [7, 11) is 0. The summed E-state index contributed by atoms with van der Waals surface area (Å²) in [6, 6.07) is 9.53. The molecule has 0 unspecified atom stereocenters. The first-order valence-corrected chi connectivity index (χ1v) is 7.10. The highest BCUT2D eigenvalue weighted by molar-refractivity contribution is 5.93. The number of ketones is 1. The molecule has 0 aliphatic carbocycles. The van der Waals surface area contributed by atoms with Gasteiger partial charge < -0.3 is 9.80 Å². The Balaban J connectivity index is 2.03. The van der Waals surface area contributed by atoms with Gasteiger partial charge in [0.1, 0.15) is 12.3 Å². The van der Waals surface area contributed by atoms with E-state index in [2.05, 4.69) is 0 Å². The molecule has 1 heterocycles. The normalized spacial score (nSPS) is 17.0. The zero-order valence-electron chi connectivity index (χ0n) is 12.4. The van der Waals surface area contributed by atoms with Crippen LogP contribution < -0.4 is 0 Å². The lowest BCUT2D eigenvalue weighted by atomic mass is 10.1. The lowest BCUT2D eigenvalue weighted by Crippen LogP contribution is -2.54. The molecule has 0 spiro atoms. The third-order valence-corrected chi connectivity index (χ3v) is 3.79. The topological polar surface area (TPSA) is 57.7 Å². The number of hydrogen-bond donors (Lipinski definition) is 0. The van der Waals surface area contributed by atoms with Gasteiger partial charge in [-0.25, -0.2) is 0 Å². The van der Waals surface area contributed by atoms with Gasteiger partial charge in [0.2, 0.25) is 11.8 Å². The van der Waals surface area contributed by atoms with Gasteiger partial charge in [0.05, 0.1) is 12.6 Å². The van der Waals surface area contributed by atoms with Crippen LogP contribution >= 0.6 is 0 Å². The first-order chi connectivity index (χ1) is 9.99. The Morgan fingerprint density at radius 3 is 2.43 bits per heavy atom. The molecular weight excluding hydrogens is 268 g/mol. The molecule has 1 aromatic rings. The lowest BCUT2D eigenvalue weighted by Gasteiger charge is -2.37. The quantitative estimate of drug-likeness (QED) is 0.823. The number of hydrogen-bond acceptors (Lipinski definition) is 3. The van der Waals surface area contributed by atoms with Crippen LogP contribution in [0.2, 0.25) is 0 Å². The number of benzene rings is 1. The molecule has 0 saturated carbocycles. The Morgan fingerprint density at radius 2 is 1.81 bits per heavy atom. The number of carbonyl (C=O) groups is 3. The summed E-state index contributed by atoms with van der Waals surface area (Å²) in [5, 5.41) is 0. The van der Waals surface area contributed by atoms with Crippen LogP contribution in [0.25, 0.3) is 0 Å². The Morgan fingerprint density at radius 1 is 1.14 bits per heavy atom. The van der Waals surface area contributed by atoms with Gasteiger partial charge in [-0.3, -0.25) is 14.4 Å². The molecule has 112 valence electrons. The SMILES string of the molecule is CC(=O)CCN1CC(=O)N([C@H](C)c2ccccc2)CC1=O. The van der Waals surface area contributed by atoms with Crippen molar-refractivity contribution in [2.45, 2.75) is 26.3 Å². The van der Waals surface area contributed by atoms with Crippen LogP contribution in [0.3, 0.4) is 0 Å². The maximum atomic E-state index is 12.3. The van der Waals surface area contributed by atoms with Gasteiger partial charge in [-0.15, -0.1) is 0 Å². The average Bonchev–Trinajstić information content (AvgIpc) is 2.47. The smallest absolute Gasteiger partial charge is 0.243 e. The summed E-state index contributed by atoms with van der Waals surface area (Å²) in [5.41, 5.74) is 1.01. The molecule has 0 aromatic heterocycles. The predicted molar refractivity (Wildman–Crippen MR) is 78.4 cm³/mol. The summed E-state index contributed by atoms with van der Waals surface area (Å²) in [6.07, 6.45) is 0.299. The lowest BCUT2D eigenvalue weighted by molar-refractivity contribution is -0.152. The molecule has 0 N–H and O–H groups in total. The number of Topliss-reactive ketones (excluding diaryl/α,β-unsaturated/α-hetero) is 1. The first kappa shape index (κ1) is 15.2. The van der Waals surface area contributed by atoms with E-state index in [9.17, 15) is 14.4 Å². The average molecular weight is 288 g/mol. The molecule has 1 aliphatic heterocycles. The Kier molecular flexibility index (Phi) is 4.73. The fourth-order valence-electron chi connectivity index (χ4n) is 2.44. The summed E-state index contributed by atoms with van der Waals surface area (Å²) in [5.74, 6) is -0.150. The van der Waals surface area contributed by atoms with Gasteiger partial charge in [0.25, 0.3) is 0 Å². The second kappa shape index (κ2) is 6.52. The summed E-state index contributed by atoms with van der Waals surface area (Å²) in [4.78, 5) is 38.4. The van der Waals surface area contributed by atoms with Crippen LogP contribution in [-0.4, -0.2) is 47.0 Å². The van der Waals surface area contributed by atoms with Crippen molar-refractivity contribution >= 4 is 17.6 Å². The molecule has 2 rings (SSSR count). The van der Waals surface area contributed by atoms with E-state index in [1.165, 1.54) is 11.8 Å². The minimum Gasteiger partial charge on any atom is -0.331 e. The summed E-state index contributed by atoms with van der Waals surface area (Å²) >= 11 is 0. The highest BCUT2D eigenvalue weighted by atomic mass is 16.2. The molecule has 1 saturated heterocycles. The minimum atomic E-state index is -0.127. The fraction of sp³-hybridized carbons (Fsp3) is 0.438. The van der Waals surface area contributed by atoms with Gasteiger partial charge in [0, 0.05) is 13.0 Å². The van der Waals surface area contributed by atoms with Crippen molar-refractivity contribution in [2.24, 2.45) is 0 Å². The molecule has 2 amide bonds. The second-order valence-electron chi connectivity index (χ2n) is 5.38. The van der Waals surface area contributed by atoms with Crippen molar-refractivity contribution in [3.05, 3.63) is 35.9 Å². The molecule has 5 nitrogen and oxygen atoms in total. The van der Waals surface area contributed by atoms with Crippen LogP contribution in [-0.2, 0) is 14.4 Å². The number of rotatable bonds is 5. The van der Waals surface area contributed by atoms with Crippen LogP contribution in [0.15, 0.2) is 30.3 Å². The number of piperazine rings is 1. The standard InChI is InChI=1S/C16H20N2O3/c1-12(19)8-9-17-10-16(21)18(11-15(17)20)13(2)14-6-4-3-5-7-14/h3-7,13H,8-11H2,1-2H3/t13-/m1/s1. The van der Waals surface area contributed by atoms with Crippen molar-refractivity contribution in [1.29, 1.82) is 0 Å². The predicted octanol–water partition coefficient (Wildman–Crippen LogP) is 1.40. The molecular formula is C16H20N2O3. The fourth-order valence-corrected chi connectivity index (χ4v) is 2.44. The van der Waals surface area contributed by atoms with Crippen LogP contribution in [0.1, 0.15) is 31.9 Å². The van der Waals surface area contributed by atoms with Gasteiger partial charge in [-0.2, -0.15) is 0 Å². The molecule has 1 fully saturated rings. The minimum absolute atomic E-state index is 0.0235. The van der Waals surface area contributed by atoms with Crippen molar-refractivity contribution < 1.29 is 14.4 Å². The number of amides is 2. The largest absolute Gasteiger partial charge is 0.331 e. The molecule has 21 heavy (non-hydrogen) atoms. The molecule has 5 heteroatoms. The van der Waals surface area contributed by atoms with Gasteiger partial charge >= 0.3 is 0 Å². The van der Waals surface area contributed by atoms with Crippen molar-refractivity contribution in [2.75, 3.05) is 19.6 Å². The number of nitrogens with zero attached hydrogens (tertiary/aromatic N) is 2. The van der Waals surface area contributed by atoms with E-state index < -0.39 is 0 Å². The van der Waals surface area contributed by atoms with E-state index in [-0.39, 0.29) is 36.7 Å². The second-order valence-corrected chi connectivity index (χ2v) is 5.38. The van der Waals surface area contributed by atoms with Crippen LogP contribution in [0, 0.1) is 0 Å². The van der Waals surface area contributed by atoms with Gasteiger partial charge in [-0.1, -0.05) is 30.3 Å². The molecule has 0 bridgehead atoms. The van der Waals surface area contributed by atoms with Crippen molar-refractivity contribution in [1.82, 2.24) is 9.80 Å². The zero-order chi connectivity index (χ0) is 15.4. The zero-order valence-corrected chi connectivity index (χ0v) is 12.4. The molecule has 1 aliphatic rings. The van der Waals surface area contributed by atoms with E-state index in [0.29, 0.717) is 13.0 Å². The van der Waals surface area contributed by atoms with E-state index >= 15 is 0 Å². The molecule has 1 atom stereocenters. The maximum absolute atomic E-state index is 12.3. The van der Waals surface area contributed by atoms with Crippen molar-refractivity contribution in [3.8, 4) is 0 Å². The Hall–Kier alpha value is -2.17. The van der Waals surface area contributed by atoms with Gasteiger partial charge in [0.15, 0.2) is 0 Å². The highest BCUT2D eigenvalue weighted by Gasteiger charge is 2.32. The monoisotopic (exact) mass is 288 g/mol. The highest BCUT2D eigenvalue weighted by Crippen LogP contribution is 2.22.